The van der Waals surface area contributed by atoms with E-state index in [1.54, 1.807) is 0 Å². The molecule has 150 valence electrons. The van der Waals surface area contributed by atoms with Gasteiger partial charge in [-0.05, 0) is 43.4 Å². The summed E-state index contributed by atoms with van der Waals surface area (Å²) in [5, 5.41) is 7.33. The quantitative estimate of drug-likeness (QED) is 0.742. The van der Waals surface area contributed by atoms with Gasteiger partial charge in [-0.1, -0.05) is 12.1 Å². The van der Waals surface area contributed by atoms with Crippen LogP contribution in [0.5, 0.6) is 0 Å². The number of urea groups is 1. The SMILES string of the molecule is Cn1cc(C2CCN(C(=O)Nc3cccc(-c4ncc5n4CCCC5)c3)C2)cn1. The molecule has 2 amide bonds. The van der Waals surface area contributed by atoms with E-state index in [1.165, 1.54) is 24.1 Å². The summed E-state index contributed by atoms with van der Waals surface area (Å²) in [6.07, 6.45) is 10.4. The third-order valence-corrected chi connectivity index (χ3v) is 6.05. The molecule has 1 saturated heterocycles. The number of aryl methyl sites for hydroxylation is 2. The number of anilines is 1. The normalized spacial score (nSPS) is 18.7. The Bertz CT molecular complexity index is 1040. The molecule has 0 radical (unpaired) electrons. The Balaban J connectivity index is 1.28. The lowest BCUT2D eigenvalue weighted by Crippen LogP contribution is -2.32. The Morgan fingerprint density at radius 2 is 2.14 bits per heavy atom. The highest BCUT2D eigenvalue weighted by Crippen LogP contribution is 2.29. The van der Waals surface area contributed by atoms with E-state index in [0.717, 1.165) is 49.6 Å². The zero-order chi connectivity index (χ0) is 19.8. The number of amides is 2. The van der Waals surface area contributed by atoms with Crippen molar-refractivity contribution in [3.8, 4) is 11.4 Å². The van der Waals surface area contributed by atoms with Crippen molar-refractivity contribution < 1.29 is 4.79 Å². The van der Waals surface area contributed by atoms with Gasteiger partial charge in [-0.3, -0.25) is 4.68 Å². The number of nitrogens with one attached hydrogen (secondary N) is 1. The fourth-order valence-electron chi connectivity index (χ4n) is 4.47. The summed E-state index contributed by atoms with van der Waals surface area (Å²) in [6, 6.07) is 7.97. The van der Waals surface area contributed by atoms with Gasteiger partial charge in [0, 0.05) is 61.9 Å². The van der Waals surface area contributed by atoms with Crippen LogP contribution in [0.15, 0.2) is 42.9 Å². The van der Waals surface area contributed by atoms with Crippen molar-refractivity contribution in [2.75, 3.05) is 18.4 Å². The number of rotatable bonds is 3. The van der Waals surface area contributed by atoms with E-state index in [9.17, 15) is 4.79 Å². The Morgan fingerprint density at radius 1 is 1.21 bits per heavy atom. The average molecular weight is 390 g/mol. The second kappa shape index (κ2) is 7.39. The average Bonchev–Trinajstić information content (AvgIpc) is 3.47. The van der Waals surface area contributed by atoms with E-state index < -0.39 is 0 Å². The Kier molecular flexibility index (Phi) is 4.58. The van der Waals surface area contributed by atoms with Crippen molar-refractivity contribution in [2.24, 2.45) is 7.05 Å². The Labute approximate surface area is 170 Å². The summed E-state index contributed by atoms with van der Waals surface area (Å²) >= 11 is 0. The van der Waals surface area contributed by atoms with E-state index >= 15 is 0 Å². The summed E-state index contributed by atoms with van der Waals surface area (Å²) in [5.41, 5.74) is 4.36. The van der Waals surface area contributed by atoms with Crippen LogP contribution in [0.2, 0.25) is 0 Å². The molecule has 1 aromatic carbocycles. The van der Waals surface area contributed by atoms with E-state index in [-0.39, 0.29) is 6.03 Å². The fraction of sp³-hybridized carbons (Fsp3) is 0.409. The molecule has 4 heterocycles. The van der Waals surface area contributed by atoms with Crippen LogP contribution < -0.4 is 5.32 Å². The van der Waals surface area contributed by atoms with Crippen molar-refractivity contribution in [2.45, 2.75) is 38.1 Å². The molecule has 2 aromatic heterocycles. The molecule has 1 fully saturated rings. The van der Waals surface area contributed by atoms with E-state index in [4.69, 9.17) is 0 Å². The predicted octanol–water partition coefficient (Wildman–Crippen LogP) is 3.64. The van der Waals surface area contributed by atoms with Crippen LogP contribution in [-0.4, -0.2) is 43.4 Å². The highest BCUT2D eigenvalue weighted by molar-refractivity contribution is 5.90. The van der Waals surface area contributed by atoms with Crippen LogP contribution in [0.1, 0.15) is 36.4 Å². The highest BCUT2D eigenvalue weighted by atomic mass is 16.2. The number of imidazole rings is 1. The molecule has 0 spiro atoms. The molecule has 2 aliphatic heterocycles. The van der Waals surface area contributed by atoms with Gasteiger partial charge in [0.05, 0.1) is 6.20 Å². The van der Waals surface area contributed by atoms with Crippen LogP contribution in [0.4, 0.5) is 10.5 Å². The molecule has 5 rings (SSSR count). The number of likely N-dealkylation sites (tertiary alicyclic amines) is 1. The summed E-state index contributed by atoms with van der Waals surface area (Å²) in [5.74, 6) is 1.35. The van der Waals surface area contributed by atoms with E-state index in [1.807, 2.05) is 53.4 Å². The molecule has 0 bridgehead atoms. The molecular formula is C22H26N6O. The maximum Gasteiger partial charge on any atom is 0.321 e. The molecule has 29 heavy (non-hydrogen) atoms. The van der Waals surface area contributed by atoms with Gasteiger partial charge in [-0.15, -0.1) is 0 Å². The summed E-state index contributed by atoms with van der Waals surface area (Å²) < 4.78 is 4.13. The molecule has 0 saturated carbocycles. The highest BCUT2D eigenvalue weighted by Gasteiger charge is 2.28. The number of carbonyl (C=O) groups is 1. The van der Waals surface area contributed by atoms with Crippen molar-refractivity contribution in [1.82, 2.24) is 24.2 Å². The minimum atomic E-state index is -0.0429. The van der Waals surface area contributed by atoms with Gasteiger partial charge in [0.1, 0.15) is 5.82 Å². The largest absolute Gasteiger partial charge is 0.328 e. The maximum atomic E-state index is 12.8. The zero-order valence-electron chi connectivity index (χ0n) is 16.7. The Morgan fingerprint density at radius 3 is 3.00 bits per heavy atom. The van der Waals surface area contributed by atoms with Crippen molar-refractivity contribution in [3.05, 3.63) is 54.1 Å². The number of aromatic nitrogens is 4. The van der Waals surface area contributed by atoms with Gasteiger partial charge >= 0.3 is 6.03 Å². The molecular weight excluding hydrogens is 364 g/mol. The van der Waals surface area contributed by atoms with Crippen LogP contribution in [0.25, 0.3) is 11.4 Å². The predicted molar refractivity (Wildman–Crippen MR) is 112 cm³/mol. The van der Waals surface area contributed by atoms with Crippen LogP contribution >= 0.6 is 0 Å². The maximum absolute atomic E-state index is 12.8. The van der Waals surface area contributed by atoms with E-state index in [2.05, 4.69) is 26.0 Å². The molecule has 0 aliphatic carbocycles. The van der Waals surface area contributed by atoms with Gasteiger partial charge < -0.3 is 14.8 Å². The molecule has 1 unspecified atom stereocenters. The van der Waals surface area contributed by atoms with Crippen LogP contribution in [0.3, 0.4) is 0 Å². The third-order valence-electron chi connectivity index (χ3n) is 6.05. The third kappa shape index (κ3) is 3.52. The number of fused-ring (bicyclic) bond motifs is 1. The van der Waals surface area contributed by atoms with Crippen molar-refractivity contribution in [1.29, 1.82) is 0 Å². The first-order valence-electron chi connectivity index (χ1n) is 10.4. The first kappa shape index (κ1) is 18.0. The van der Waals surface area contributed by atoms with Crippen molar-refractivity contribution >= 4 is 11.7 Å². The van der Waals surface area contributed by atoms with Crippen molar-refractivity contribution in [3.63, 3.8) is 0 Å². The van der Waals surface area contributed by atoms with Crippen LogP contribution in [0, 0.1) is 0 Å². The molecule has 7 heteroatoms. The molecule has 1 atom stereocenters. The second-order valence-corrected chi connectivity index (χ2v) is 8.07. The molecule has 7 nitrogen and oxygen atoms in total. The lowest BCUT2D eigenvalue weighted by molar-refractivity contribution is 0.222. The topological polar surface area (TPSA) is 68.0 Å². The van der Waals surface area contributed by atoms with Gasteiger partial charge in [0.15, 0.2) is 0 Å². The van der Waals surface area contributed by atoms with Crippen LogP contribution in [-0.2, 0) is 20.0 Å². The lowest BCUT2D eigenvalue weighted by Gasteiger charge is -2.18. The second-order valence-electron chi connectivity index (χ2n) is 8.07. The molecule has 2 aliphatic rings. The summed E-state index contributed by atoms with van der Waals surface area (Å²) in [7, 11) is 1.92. The first-order valence-corrected chi connectivity index (χ1v) is 10.4. The van der Waals surface area contributed by atoms with E-state index in [0.29, 0.717) is 5.92 Å². The number of carbonyl (C=O) groups excluding carboxylic acids is 1. The Hall–Kier alpha value is -3.09. The number of nitrogens with zero attached hydrogens (tertiary/aromatic N) is 5. The zero-order valence-corrected chi connectivity index (χ0v) is 16.7. The standard InChI is InChI=1S/C22H26N6O/c1-26-14-18(12-24-26)17-8-10-27(15-17)22(29)25-19-6-4-5-16(11-19)21-23-13-20-7-2-3-9-28(20)21/h4-6,11-14,17H,2-3,7-10,15H2,1H3,(H,25,29). The number of benzene rings is 1. The molecule has 3 aromatic rings. The monoisotopic (exact) mass is 390 g/mol. The fourth-order valence-corrected chi connectivity index (χ4v) is 4.47. The van der Waals surface area contributed by atoms with Gasteiger partial charge in [0.25, 0.3) is 0 Å². The van der Waals surface area contributed by atoms with Gasteiger partial charge in [-0.25, -0.2) is 9.78 Å². The lowest BCUT2D eigenvalue weighted by atomic mass is 10.0. The summed E-state index contributed by atoms with van der Waals surface area (Å²) in [6.45, 7) is 2.51. The number of hydrogen-bond donors (Lipinski definition) is 1. The minimum absolute atomic E-state index is 0.0429. The van der Waals surface area contributed by atoms with Gasteiger partial charge in [0.2, 0.25) is 0 Å². The van der Waals surface area contributed by atoms with Gasteiger partial charge in [-0.2, -0.15) is 5.10 Å². The smallest absolute Gasteiger partial charge is 0.321 e. The minimum Gasteiger partial charge on any atom is -0.328 e. The first-order chi connectivity index (χ1) is 14.2. The summed E-state index contributed by atoms with van der Waals surface area (Å²) in [4.78, 5) is 19.3. The molecule has 1 N–H and O–H groups in total. The number of hydrogen-bond acceptors (Lipinski definition) is 3.